The molecule has 2 N–H and O–H groups in total. The molecule has 5 heteroatoms. The van der Waals surface area contributed by atoms with E-state index in [0.29, 0.717) is 18.1 Å². The van der Waals surface area contributed by atoms with Gasteiger partial charge in [-0.2, -0.15) is 0 Å². The highest BCUT2D eigenvalue weighted by Crippen LogP contribution is 2.04. The second-order valence-corrected chi connectivity index (χ2v) is 4.47. The van der Waals surface area contributed by atoms with E-state index in [2.05, 4.69) is 10.6 Å². The van der Waals surface area contributed by atoms with Crippen LogP contribution in [0.1, 0.15) is 20.3 Å². The van der Waals surface area contributed by atoms with Gasteiger partial charge in [0.2, 0.25) is 5.91 Å². The number of thiocarbonyl (C=S) groups is 1. The zero-order chi connectivity index (χ0) is 14.1. The summed E-state index contributed by atoms with van der Waals surface area (Å²) < 4.78 is 0. The van der Waals surface area contributed by atoms with Crippen molar-refractivity contribution >= 4 is 28.9 Å². The van der Waals surface area contributed by atoms with E-state index in [0.717, 1.165) is 18.8 Å². The first-order valence-electron chi connectivity index (χ1n) is 6.55. The molecular formula is C14H21N3OS. The smallest absolute Gasteiger partial charge is 0.224 e. The predicted octanol–water partition coefficient (Wildman–Crippen LogP) is 2.23. The third kappa shape index (κ3) is 5.70. The molecule has 0 saturated carbocycles. The topological polar surface area (TPSA) is 44.4 Å². The normalized spacial score (nSPS) is 9.79. The molecule has 0 aliphatic carbocycles. The van der Waals surface area contributed by atoms with Crippen LogP contribution in [-0.2, 0) is 4.79 Å². The van der Waals surface area contributed by atoms with Gasteiger partial charge in [-0.1, -0.05) is 18.2 Å². The Morgan fingerprint density at radius 1 is 1.21 bits per heavy atom. The lowest BCUT2D eigenvalue weighted by molar-refractivity contribution is -0.130. The summed E-state index contributed by atoms with van der Waals surface area (Å²) in [5.41, 5.74) is 0.940. The van der Waals surface area contributed by atoms with Crippen LogP contribution in [0.15, 0.2) is 30.3 Å². The van der Waals surface area contributed by atoms with Gasteiger partial charge in [0.1, 0.15) is 0 Å². The summed E-state index contributed by atoms with van der Waals surface area (Å²) in [7, 11) is 0. The first-order chi connectivity index (χ1) is 9.17. The van der Waals surface area contributed by atoms with E-state index in [-0.39, 0.29) is 5.91 Å². The summed E-state index contributed by atoms with van der Waals surface area (Å²) in [6.07, 6.45) is 0.457. The molecule has 0 spiro atoms. The van der Waals surface area contributed by atoms with Crippen molar-refractivity contribution in [1.29, 1.82) is 0 Å². The average Bonchev–Trinajstić information content (AvgIpc) is 2.41. The van der Waals surface area contributed by atoms with Crippen molar-refractivity contribution in [1.82, 2.24) is 10.2 Å². The van der Waals surface area contributed by atoms with Gasteiger partial charge < -0.3 is 15.5 Å². The lowest BCUT2D eigenvalue weighted by Gasteiger charge is -2.19. The number of anilines is 1. The molecule has 0 heterocycles. The van der Waals surface area contributed by atoms with Crippen molar-refractivity contribution in [2.24, 2.45) is 0 Å². The zero-order valence-corrected chi connectivity index (χ0v) is 12.3. The minimum absolute atomic E-state index is 0.153. The fourth-order valence-corrected chi connectivity index (χ4v) is 1.93. The Bertz CT molecular complexity index is 404. The highest BCUT2D eigenvalue weighted by Gasteiger charge is 2.08. The van der Waals surface area contributed by atoms with Crippen LogP contribution in [0.4, 0.5) is 5.69 Å². The molecule has 4 nitrogen and oxygen atoms in total. The minimum Gasteiger partial charge on any atom is -0.362 e. The van der Waals surface area contributed by atoms with Gasteiger partial charge in [-0.3, -0.25) is 4.79 Å². The standard InChI is InChI=1S/C14H21N3OS/c1-3-17(4-2)13(18)10-11-15-14(19)16-12-8-6-5-7-9-12/h5-9H,3-4,10-11H2,1-2H3,(H2,15,16,19). The van der Waals surface area contributed by atoms with Gasteiger partial charge in [-0.25, -0.2) is 0 Å². The largest absolute Gasteiger partial charge is 0.362 e. The number of carbonyl (C=O) groups excluding carboxylic acids is 1. The molecule has 104 valence electrons. The number of hydrogen-bond donors (Lipinski definition) is 2. The maximum atomic E-state index is 11.8. The fourth-order valence-electron chi connectivity index (χ4n) is 1.71. The van der Waals surface area contributed by atoms with Crippen LogP contribution >= 0.6 is 12.2 Å². The van der Waals surface area contributed by atoms with Crippen LogP contribution in [0.25, 0.3) is 0 Å². The molecule has 0 bridgehead atoms. The van der Waals surface area contributed by atoms with E-state index in [4.69, 9.17) is 12.2 Å². The number of benzene rings is 1. The van der Waals surface area contributed by atoms with Crippen LogP contribution in [0.5, 0.6) is 0 Å². The summed E-state index contributed by atoms with van der Waals surface area (Å²) in [6.45, 7) is 6.02. The SMILES string of the molecule is CCN(CC)C(=O)CCNC(=S)Nc1ccccc1. The molecule has 1 aromatic carbocycles. The number of nitrogens with zero attached hydrogens (tertiary/aromatic N) is 1. The summed E-state index contributed by atoms with van der Waals surface area (Å²) >= 11 is 5.16. The van der Waals surface area contributed by atoms with Crippen molar-refractivity contribution in [3.05, 3.63) is 30.3 Å². The van der Waals surface area contributed by atoms with Gasteiger partial charge in [0.15, 0.2) is 5.11 Å². The number of para-hydroxylation sites is 1. The molecule has 0 fully saturated rings. The van der Waals surface area contributed by atoms with Crippen molar-refractivity contribution in [2.45, 2.75) is 20.3 Å². The molecule has 0 unspecified atom stereocenters. The molecule has 1 rings (SSSR count). The van der Waals surface area contributed by atoms with Crippen molar-refractivity contribution in [3.8, 4) is 0 Å². The van der Waals surface area contributed by atoms with E-state index in [9.17, 15) is 4.79 Å². The third-order valence-electron chi connectivity index (χ3n) is 2.77. The summed E-state index contributed by atoms with van der Waals surface area (Å²) in [6, 6.07) is 9.71. The number of amides is 1. The number of rotatable bonds is 6. The maximum Gasteiger partial charge on any atom is 0.224 e. The molecule has 1 amide bonds. The molecule has 19 heavy (non-hydrogen) atoms. The molecule has 1 aromatic rings. The summed E-state index contributed by atoms with van der Waals surface area (Å²) in [5, 5.41) is 6.65. The van der Waals surface area contributed by atoms with E-state index in [1.54, 1.807) is 0 Å². The monoisotopic (exact) mass is 279 g/mol. The Kier molecular flexibility index (Phi) is 6.89. The van der Waals surface area contributed by atoms with E-state index in [1.807, 2.05) is 49.1 Å². The van der Waals surface area contributed by atoms with Gasteiger partial charge in [0.05, 0.1) is 0 Å². The van der Waals surface area contributed by atoms with Crippen molar-refractivity contribution < 1.29 is 4.79 Å². The summed E-state index contributed by atoms with van der Waals surface area (Å²) in [4.78, 5) is 13.6. The van der Waals surface area contributed by atoms with Gasteiger partial charge in [0, 0.05) is 31.7 Å². The third-order valence-corrected chi connectivity index (χ3v) is 3.02. The highest BCUT2D eigenvalue weighted by molar-refractivity contribution is 7.80. The summed E-state index contributed by atoms with van der Waals surface area (Å²) in [5.74, 6) is 0.153. The number of carbonyl (C=O) groups is 1. The van der Waals surface area contributed by atoms with E-state index < -0.39 is 0 Å². The molecule has 0 atom stereocenters. The Hall–Kier alpha value is -1.62. The van der Waals surface area contributed by atoms with Crippen LogP contribution < -0.4 is 10.6 Å². The lowest BCUT2D eigenvalue weighted by atomic mass is 10.3. The van der Waals surface area contributed by atoms with Crippen LogP contribution in [0.2, 0.25) is 0 Å². The zero-order valence-electron chi connectivity index (χ0n) is 11.5. The minimum atomic E-state index is 0.153. The quantitative estimate of drug-likeness (QED) is 0.784. The first kappa shape index (κ1) is 15.4. The predicted molar refractivity (Wildman–Crippen MR) is 83.2 cm³/mol. The van der Waals surface area contributed by atoms with Crippen LogP contribution in [0.3, 0.4) is 0 Å². The molecule has 0 aromatic heterocycles. The highest BCUT2D eigenvalue weighted by atomic mass is 32.1. The average molecular weight is 279 g/mol. The van der Waals surface area contributed by atoms with Gasteiger partial charge >= 0.3 is 0 Å². The second-order valence-electron chi connectivity index (χ2n) is 4.06. The second kappa shape index (κ2) is 8.48. The fraction of sp³-hybridized carbons (Fsp3) is 0.429. The van der Waals surface area contributed by atoms with Crippen LogP contribution in [-0.4, -0.2) is 35.6 Å². The van der Waals surface area contributed by atoms with Gasteiger partial charge in [0.25, 0.3) is 0 Å². The molecule has 0 aliphatic heterocycles. The van der Waals surface area contributed by atoms with Gasteiger partial charge in [-0.15, -0.1) is 0 Å². The maximum absolute atomic E-state index is 11.8. The first-order valence-corrected chi connectivity index (χ1v) is 6.95. The van der Waals surface area contributed by atoms with Gasteiger partial charge in [-0.05, 0) is 38.2 Å². The molecular weight excluding hydrogens is 258 g/mol. The Morgan fingerprint density at radius 2 is 1.84 bits per heavy atom. The molecule has 0 saturated heterocycles. The Labute approximate surface area is 120 Å². The Balaban J connectivity index is 2.26. The number of nitrogens with one attached hydrogen (secondary N) is 2. The van der Waals surface area contributed by atoms with Crippen LogP contribution in [0, 0.1) is 0 Å². The van der Waals surface area contributed by atoms with E-state index in [1.165, 1.54) is 0 Å². The Morgan fingerprint density at radius 3 is 2.42 bits per heavy atom. The lowest BCUT2D eigenvalue weighted by Crippen LogP contribution is -2.35. The number of hydrogen-bond acceptors (Lipinski definition) is 2. The van der Waals surface area contributed by atoms with E-state index >= 15 is 0 Å². The van der Waals surface area contributed by atoms with Crippen molar-refractivity contribution in [3.63, 3.8) is 0 Å². The van der Waals surface area contributed by atoms with Crippen molar-refractivity contribution in [2.75, 3.05) is 25.0 Å². The molecule has 0 radical (unpaired) electrons. The molecule has 0 aliphatic rings.